The van der Waals surface area contributed by atoms with E-state index in [1.165, 1.54) is 12.1 Å². The molecule has 23 heavy (non-hydrogen) atoms. The molecule has 2 N–H and O–H groups in total. The summed E-state index contributed by atoms with van der Waals surface area (Å²) in [7, 11) is 1.63. The maximum absolute atomic E-state index is 12.2. The summed E-state index contributed by atoms with van der Waals surface area (Å²) < 4.78 is 10.6. The van der Waals surface area contributed by atoms with Crippen molar-refractivity contribution >= 4 is 28.9 Å². The van der Waals surface area contributed by atoms with Gasteiger partial charge in [0.2, 0.25) is 0 Å². The lowest BCUT2D eigenvalue weighted by molar-refractivity contribution is 0.0702. The van der Waals surface area contributed by atoms with E-state index in [-0.39, 0.29) is 10.8 Å². The summed E-state index contributed by atoms with van der Waals surface area (Å²) in [5, 5.41) is 11.6. The van der Waals surface area contributed by atoms with Crippen LogP contribution < -0.4 is 10.1 Å². The van der Waals surface area contributed by atoms with Crippen molar-refractivity contribution in [2.75, 3.05) is 25.6 Å². The van der Waals surface area contributed by atoms with E-state index < -0.39 is 5.97 Å². The Balaban J connectivity index is 2.03. The minimum absolute atomic E-state index is 0.124. The summed E-state index contributed by atoms with van der Waals surface area (Å²) in [5.41, 5.74) is 0.542. The third-order valence-corrected chi connectivity index (χ3v) is 4.00. The molecule has 0 bridgehead atoms. The molecular weight excluding hydrogens is 318 g/mol. The number of carboxylic acids is 1. The van der Waals surface area contributed by atoms with Crippen molar-refractivity contribution in [3.05, 3.63) is 46.2 Å². The fourth-order valence-electron chi connectivity index (χ4n) is 1.84. The number of aromatic carboxylic acids is 1. The topological polar surface area (TPSA) is 84.9 Å². The van der Waals surface area contributed by atoms with Gasteiger partial charge < -0.3 is 19.9 Å². The van der Waals surface area contributed by atoms with E-state index in [0.29, 0.717) is 29.5 Å². The number of para-hydroxylation sites is 2. The molecule has 6 nitrogen and oxygen atoms in total. The molecule has 0 saturated heterocycles. The summed E-state index contributed by atoms with van der Waals surface area (Å²) in [4.78, 5) is 23.5. The number of carboxylic acid groups (broad SMARTS) is 1. The first-order valence-corrected chi connectivity index (χ1v) is 7.78. The summed E-state index contributed by atoms with van der Waals surface area (Å²) >= 11 is 0.930. The van der Waals surface area contributed by atoms with Crippen LogP contribution in [0.4, 0.5) is 5.69 Å². The Kier molecular flexibility index (Phi) is 6.13. The third kappa shape index (κ3) is 4.80. The van der Waals surface area contributed by atoms with Crippen molar-refractivity contribution in [2.24, 2.45) is 0 Å². The van der Waals surface area contributed by atoms with Crippen LogP contribution >= 0.6 is 11.3 Å². The number of hydrogen-bond acceptors (Lipinski definition) is 5. The molecule has 0 spiro atoms. The maximum atomic E-state index is 12.2. The monoisotopic (exact) mass is 335 g/mol. The van der Waals surface area contributed by atoms with Gasteiger partial charge in [0.25, 0.3) is 5.91 Å². The zero-order valence-electron chi connectivity index (χ0n) is 12.6. The minimum Gasteiger partial charge on any atom is -0.491 e. The Morgan fingerprint density at radius 2 is 1.87 bits per heavy atom. The summed E-state index contributed by atoms with van der Waals surface area (Å²) in [6.07, 6.45) is 0.742. The highest BCUT2D eigenvalue weighted by Crippen LogP contribution is 2.25. The molecule has 0 saturated carbocycles. The molecule has 0 aliphatic heterocycles. The molecule has 0 aliphatic carbocycles. The number of thiophene rings is 1. The smallest absolute Gasteiger partial charge is 0.345 e. The van der Waals surface area contributed by atoms with E-state index in [1.807, 2.05) is 6.07 Å². The minimum atomic E-state index is -1.05. The number of benzene rings is 1. The van der Waals surface area contributed by atoms with E-state index >= 15 is 0 Å². The summed E-state index contributed by atoms with van der Waals surface area (Å²) in [6, 6.07) is 10.00. The molecule has 0 radical (unpaired) electrons. The highest BCUT2D eigenvalue weighted by atomic mass is 32.1. The van der Waals surface area contributed by atoms with E-state index in [1.54, 1.807) is 25.3 Å². The number of amides is 1. The summed E-state index contributed by atoms with van der Waals surface area (Å²) in [6.45, 7) is 1.07. The lowest BCUT2D eigenvalue weighted by Gasteiger charge is -2.11. The van der Waals surface area contributed by atoms with Gasteiger partial charge in [-0.3, -0.25) is 4.79 Å². The van der Waals surface area contributed by atoms with Crippen LogP contribution in [0.2, 0.25) is 0 Å². The van der Waals surface area contributed by atoms with Crippen LogP contribution in [0.25, 0.3) is 0 Å². The van der Waals surface area contributed by atoms with Gasteiger partial charge in [0.1, 0.15) is 10.6 Å². The van der Waals surface area contributed by atoms with Crippen molar-refractivity contribution in [1.29, 1.82) is 0 Å². The number of carbonyl (C=O) groups excluding carboxylic acids is 1. The van der Waals surface area contributed by atoms with E-state index in [2.05, 4.69) is 5.32 Å². The lowest BCUT2D eigenvalue weighted by atomic mass is 10.3. The number of carbonyl (C=O) groups is 2. The normalized spacial score (nSPS) is 10.3. The van der Waals surface area contributed by atoms with E-state index in [9.17, 15) is 9.59 Å². The maximum Gasteiger partial charge on any atom is 0.345 e. The second-order valence-corrected chi connectivity index (χ2v) is 5.70. The van der Waals surface area contributed by atoms with Gasteiger partial charge in [-0.2, -0.15) is 0 Å². The predicted molar refractivity (Wildman–Crippen MR) is 87.7 cm³/mol. The lowest BCUT2D eigenvalue weighted by Crippen LogP contribution is -2.12. The average molecular weight is 335 g/mol. The predicted octanol–water partition coefficient (Wildman–Crippen LogP) is 3.11. The van der Waals surface area contributed by atoms with Gasteiger partial charge in [0.05, 0.1) is 17.2 Å². The van der Waals surface area contributed by atoms with Crippen molar-refractivity contribution in [1.82, 2.24) is 0 Å². The van der Waals surface area contributed by atoms with Crippen molar-refractivity contribution in [3.8, 4) is 5.75 Å². The van der Waals surface area contributed by atoms with Gasteiger partial charge in [0, 0.05) is 20.1 Å². The molecule has 2 aromatic rings. The van der Waals surface area contributed by atoms with Crippen LogP contribution in [0.15, 0.2) is 36.4 Å². The number of anilines is 1. The molecule has 1 heterocycles. The molecule has 122 valence electrons. The van der Waals surface area contributed by atoms with Crippen LogP contribution in [-0.4, -0.2) is 37.3 Å². The van der Waals surface area contributed by atoms with Crippen LogP contribution in [0.5, 0.6) is 5.75 Å². The van der Waals surface area contributed by atoms with Gasteiger partial charge in [-0.05, 0) is 24.3 Å². The Bertz CT molecular complexity index is 683. The molecule has 1 aromatic heterocycles. The molecule has 1 aromatic carbocycles. The molecule has 7 heteroatoms. The quantitative estimate of drug-likeness (QED) is 0.724. The van der Waals surface area contributed by atoms with E-state index in [0.717, 1.165) is 17.8 Å². The fourth-order valence-corrected chi connectivity index (χ4v) is 2.58. The van der Waals surface area contributed by atoms with Crippen molar-refractivity contribution < 1.29 is 24.2 Å². The first kappa shape index (κ1) is 17.0. The Morgan fingerprint density at radius 3 is 2.57 bits per heavy atom. The molecule has 0 aliphatic rings. The second-order valence-electron chi connectivity index (χ2n) is 4.61. The third-order valence-electron chi connectivity index (χ3n) is 2.93. The molecule has 0 unspecified atom stereocenters. The van der Waals surface area contributed by atoms with Crippen LogP contribution in [0, 0.1) is 0 Å². The SMILES string of the molecule is COCCCOc1ccccc1NC(=O)c1ccc(C(=O)O)s1. The summed E-state index contributed by atoms with van der Waals surface area (Å²) in [5.74, 6) is -0.849. The Morgan fingerprint density at radius 1 is 1.13 bits per heavy atom. The first-order chi connectivity index (χ1) is 11.1. The van der Waals surface area contributed by atoms with Gasteiger partial charge in [-0.25, -0.2) is 4.79 Å². The number of methoxy groups -OCH3 is 1. The van der Waals surface area contributed by atoms with Gasteiger partial charge in [-0.1, -0.05) is 12.1 Å². The molecule has 0 atom stereocenters. The van der Waals surface area contributed by atoms with Gasteiger partial charge in [0.15, 0.2) is 0 Å². The molecular formula is C16H17NO5S. The molecule has 0 fully saturated rings. The van der Waals surface area contributed by atoms with Crippen LogP contribution in [-0.2, 0) is 4.74 Å². The van der Waals surface area contributed by atoms with Crippen molar-refractivity contribution in [3.63, 3.8) is 0 Å². The van der Waals surface area contributed by atoms with Crippen LogP contribution in [0.1, 0.15) is 25.8 Å². The highest BCUT2D eigenvalue weighted by molar-refractivity contribution is 7.15. The largest absolute Gasteiger partial charge is 0.491 e. The molecule has 1 amide bonds. The number of nitrogens with one attached hydrogen (secondary N) is 1. The first-order valence-electron chi connectivity index (χ1n) is 6.97. The average Bonchev–Trinajstić information content (AvgIpc) is 3.03. The van der Waals surface area contributed by atoms with Crippen molar-refractivity contribution in [2.45, 2.75) is 6.42 Å². The number of ether oxygens (including phenoxy) is 2. The number of hydrogen-bond donors (Lipinski definition) is 2. The second kappa shape index (κ2) is 8.30. The highest BCUT2D eigenvalue weighted by Gasteiger charge is 2.14. The van der Waals surface area contributed by atoms with Gasteiger partial charge >= 0.3 is 5.97 Å². The van der Waals surface area contributed by atoms with E-state index in [4.69, 9.17) is 14.6 Å². The Hall–Kier alpha value is -2.38. The fraction of sp³-hybridized carbons (Fsp3) is 0.250. The molecule has 2 rings (SSSR count). The number of rotatable bonds is 8. The van der Waals surface area contributed by atoms with Gasteiger partial charge in [-0.15, -0.1) is 11.3 Å². The zero-order chi connectivity index (χ0) is 16.7. The zero-order valence-corrected chi connectivity index (χ0v) is 13.4. The van der Waals surface area contributed by atoms with Crippen LogP contribution in [0.3, 0.4) is 0 Å². The standard InChI is InChI=1S/C16H17NO5S/c1-21-9-4-10-22-12-6-3-2-5-11(12)17-15(18)13-7-8-14(23-13)16(19)20/h2-3,5-8H,4,9-10H2,1H3,(H,17,18)(H,19,20). The Labute approximate surface area is 137 Å².